The normalized spacial score (nSPS) is 16.7. The molecule has 3 rings (SSSR count). The molecule has 1 aliphatic heterocycles. The summed E-state index contributed by atoms with van der Waals surface area (Å²) in [5, 5.41) is 11.4. The van der Waals surface area contributed by atoms with Crippen LogP contribution in [0.15, 0.2) is 24.3 Å². The lowest BCUT2D eigenvalue weighted by atomic mass is 10.0. The van der Waals surface area contributed by atoms with Crippen LogP contribution in [-0.2, 0) is 16.0 Å². The molecule has 8 heteroatoms. The van der Waals surface area contributed by atoms with E-state index in [1.165, 1.54) is 0 Å². The maximum absolute atomic E-state index is 14.0. The number of methoxy groups -OCH3 is 1. The number of carbonyl (C=O) groups is 2. The van der Waals surface area contributed by atoms with Gasteiger partial charge in [-0.1, -0.05) is 12.1 Å². The van der Waals surface area contributed by atoms with Crippen LogP contribution in [0, 0.1) is 0 Å². The first-order chi connectivity index (χ1) is 16.5. The number of piperidine rings is 1. The fourth-order valence-electron chi connectivity index (χ4n) is 4.86. The largest absolute Gasteiger partial charge is 0.506 e. The number of unbranched alkanes of at least 4 members (excludes halogenated alkanes) is 1. The Morgan fingerprint density at radius 1 is 1.23 bits per heavy atom. The van der Waals surface area contributed by atoms with Crippen LogP contribution in [0.2, 0.25) is 0 Å². The summed E-state index contributed by atoms with van der Waals surface area (Å²) in [7, 11) is 1.68. The third kappa shape index (κ3) is 6.48. The van der Waals surface area contributed by atoms with Crippen LogP contribution in [0.4, 0.5) is 4.79 Å². The zero-order valence-corrected chi connectivity index (χ0v) is 22.0. The second kappa shape index (κ2) is 11.3. The molecule has 1 atom stereocenters. The van der Waals surface area contributed by atoms with Gasteiger partial charge >= 0.3 is 6.09 Å². The summed E-state index contributed by atoms with van der Waals surface area (Å²) >= 11 is 0. The molecular formula is C27H41N3O5. The molecule has 0 unspecified atom stereocenters. The smallest absolute Gasteiger partial charge is 0.410 e. The van der Waals surface area contributed by atoms with Crippen molar-refractivity contribution in [2.45, 2.75) is 84.5 Å². The average molecular weight is 488 g/mol. The minimum atomic E-state index is -0.566. The number of hydrogen-bond acceptors (Lipinski definition) is 5. The third-order valence-corrected chi connectivity index (χ3v) is 6.33. The number of ether oxygens (including phenoxy) is 2. The Labute approximate surface area is 208 Å². The summed E-state index contributed by atoms with van der Waals surface area (Å²) in [5.74, 6) is 0.0801. The van der Waals surface area contributed by atoms with E-state index >= 15 is 0 Å². The van der Waals surface area contributed by atoms with Gasteiger partial charge in [0.25, 0.3) is 5.91 Å². The van der Waals surface area contributed by atoms with Crippen molar-refractivity contribution in [3.63, 3.8) is 0 Å². The standard InChI is InChI=1S/C27H41N3O5/c1-19(2)30(21-12-10-14-28(18-21)26(33)35-27(3,4)5)25(32)22-17-20-11-9-13-23(31)24(20)29(22)15-7-8-16-34-6/h9,11,13,17,19,21,31H,7-8,10,12,14-16,18H2,1-6H3/t21-/m1/s1. The van der Waals surface area contributed by atoms with Gasteiger partial charge in [0.05, 0.1) is 11.6 Å². The van der Waals surface area contributed by atoms with Crippen LogP contribution in [0.3, 0.4) is 0 Å². The molecule has 1 aromatic heterocycles. The van der Waals surface area contributed by atoms with E-state index in [0.29, 0.717) is 37.5 Å². The van der Waals surface area contributed by atoms with E-state index in [9.17, 15) is 14.7 Å². The molecule has 0 saturated carbocycles. The highest BCUT2D eigenvalue weighted by molar-refractivity contribution is 6.00. The number of para-hydroxylation sites is 1. The van der Waals surface area contributed by atoms with Gasteiger partial charge in [-0.2, -0.15) is 0 Å². The highest BCUT2D eigenvalue weighted by atomic mass is 16.6. The first-order valence-electron chi connectivity index (χ1n) is 12.6. The van der Waals surface area contributed by atoms with Crippen LogP contribution < -0.4 is 0 Å². The first-order valence-corrected chi connectivity index (χ1v) is 12.6. The first kappa shape index (κ1) is 26.9. The van der Waals surface area contributed by atoms with E-state index in [0.717, 1.165) is 31.1 Å². The molecule has 1 fully saturated rings. The Morgan fingerprint density at radius 3 is 2.63 bits per heavy atom. The molecule has 35 heavy (non-hydrogen) atoms. The van der Waals surface area contributed by atoms with Crippen molar-refractivity contribution >= 4 is 22.9 Å². The number of benzene rings is 1. The Kier molecular flexibility index (Phi) is 8.70. The summed E-state index contributed by atoms with van der Waals surface area (Å²) in [6, 6.07) is 7.07. The molecule has 2 aromatic rings. The lowest BCUT2D eigenvalue weighted by Crippen LogP contribution is -2.54. The summed E-state index contributed by atoms with van der Waals surface area (Å²) in [6.07, 6.45) is 2.97. The summed E-state index contributed by atoms with van der Waals surface area (Å²) in [4.78, 5) is 30.4. The topological polar surface area (TPSA) is 84.2 Å². The van der Waals surface area contributed by atoms with Crippen molar-refractivity contribution < 1.29 is 24.2 Å². The van der Waals surface area contributed by atoms with Gasteiger partial charge in [0.15, 0.2) is 0 Å². The number of fused-ring (bicyclic) bond motifs is 1. The van der Waals surface area contributed by atoms with Gasteiger partial charge in [-0.25, -0.2) is 4.79 Å². The molecule has 1 saturated heterocycles. The second-order valence-corrected chi connectivity index (χ2v) is 10.6. The van der Waals surface area contributed by atoms with Crippen molar-refractivity contribution in [3.05, 3.63) is 30.0 Å². The van der Waals surface area contributed by atoms with E-state index in [2.05, 4.69) is 0 Å². The molecule has 0 spiro atoms. The van der Waals surface area contributed by atoms with Gasteiger partial charge in [0, 0.05) is 44.8 Å². The minimum absolute atomic E-state index is 0.0559. The molecule has 0 bridgehead atoms. The van der Waals surface area contributed by atoms with Crippen molar-refractivity contribution in [3.8, 4) is 5.75 Å². The predicted molar refractivity (Wildman–Crippen MR) is 137 cm³/mol. The van der Waals surface area contributed by atoms with Crippen molar-refractivity contribution in [1.82, 2.24) is 14.4 Å². The number of phenols is 1. The Balaban J connectivity index is 1.90. The number of phenolic OH excluding ortho intramolecular Hbond substituents is 1. The molecule has 0 radical (unpaired) electrons. The lowest BCUT2D eigenvalue weighted by Gasteiger charge is -2.41. The molecule has 1 aromatic carbocycles. The van der Waals surface area contributed by atoms with Gasteiger partial charge in [-0.05, 0) is 72.4 Å². The van der Waals surface area contributed by atoms with Crippen LogP contribution in [0.25, 0.3) is 10.9 Å². The average Bonchev–Trinajstić information content (AvgIpc) is 3.15. The van der Waals surface area contributed by atoms with E-state index in [1.807, 2.05) is 56.2 Å². The number of likely N-dealkylation sites (tertiary alicyclic amines) is 1. The van der Waals surface area contributed by atoms with Gasteiger partial charge in [0.2, 0.25) is 0 Å². The van der Waals surface area contributed by atoms with Crippen LogP contribution in [0.1, 0.15) is 70.8 Å². The summed E-state index contributed by atoms with van der Waals surface area (Å²) < 4.78 is 12.7. The van der Waals surface area contributed by atoms with Crippen molar-refractivity contribution in [1.29, 1.82) is 0 Å². The Hall–Kier alpha value is -2.74. The number of amides is 2. The maximum atomic E-state index is 14.0. The van der Waals surface area contributed by atoms with E-state index < -0.39 is 5.60 Å². The van der Waals surface area contributed by atoms with Gasteiger partial charge < -0.3 is 28.9 Å². The SMILES string of the molecule is COCCCCn1c(C(=O)N(C(C)C)[C@@H]2CCCN(C(=O)OC(C)(C)C)C2)cc2cccc(O)c21. The quantitative estimate of drug-likeness (QED) is 0.529. The zero-order valence-electron chi connectivity index (χ0n) is 22.0. The lowest BCUT2D eigenvalue weighted by molar-refractivity contribution is 0.00733. The highest BCUT2D eigenvalue weighted by Gasteiger charge is 2.35. The van der Waals surface area contributed by atoms with E-state index in [4.69, 9.17) is 9.47 Å². The second-order valence-electron chi connectivity index (χ2n) is 10.6. The number of rotatable bonds is 8. The molecule has 194 valence electrons. The van der Waals surface area contributed by atoms with Crippen molar-refractivity contribution in [2.24, 2.45) is 0 Å². The predicted octanol–water partition coefficient (Wildman–Crippen LogP) is 5.02. The molecule has 1 aliphatic rings. The minimum Gasteiger partial charge on any atom is -0.506 e. The third-order valence-electron chi connectivity index (χ3n) is 6.33. The molecule has 8 nitrogen and oxygen atoms in total. The molecule has 2 heterocycles. The monoisotopic (exact) mass is 487 g/mol. The fourth-order valence-corrected chi connectivity index (χ4v) is 4.86. The Bertz CT molecular complexity index is 1020. The van der Waals surface area contributed by atoms with Crippen molar-refractivity contribution in [2.75, 3.05) is 26.8 Å². The number of hydrogen-bond donors (Lipinski definition) is 1. The van der Waals surface area contributed by atoms with Gasteiger partial charge in [0.1, 0.15) is 17.0 Å². The highest BCUT2D eigenvalue weighted by Crippen LogP contribution is 2.31. The molecular weight excluding hydrogens is 446 g/mol. The molecule has 2 amide bonds. The van der Waals surface area contributed by atoms with E-state index in [-0.39, 0.29) is 29.8 Å². The summed E-state index contributed by atoms with van der Waals surface area (Å²) in [6.45, 7) is 11.9. The number of aromatic hydroxyl groups is 1. The number of aryl methyl sites for hydroxylation is 1. The zero-order chi connectivity index (χ0) is 25.8. The molecule has 1 N–H and O–H groups in total. The van der Waals surface area contributed by atoms with Crippen LogP contribution in [0.5, 0.6) is 5.75 Å². The summed E-state index contributed by atoms with van der Waals surface area (Å²) in [5.41, 5.74) is 0.668. The number of carbonyl (C=O) groups excluding carboxylic acids is 2. The maximum Gasteiger partial charge on any atom is 0.410 e. The van der Waals surface area contributed by atoms with Crippen LogP contribution in [-0.4, -0.2) is 76.0 Å². The molecule has 0 aliphatic carbocycles. The number of nitrogens with zero attached hydrogens (tertiary/aromatic N) is 3. The Morgan fingerprint density at radius 2 is 1.97 bits per heavy atom. The van der Waals surface area contributed by atoms with Crippen LogP contribution >= 0.6 is 0 Å². The fraction of sp³-hybridized carbons (Fsp3) is 0.630. The van der Waals surface area contributed by atoms with Gasteiger partial charge in [-0.15, -0.1) is 0 Å². The van der Waals surface area contributed by atoms with Gasteiger partial charge in [-0.3, -0.25) is 4.79 Å². The number of aromatic nitrogens is 1. The van der Waals surface area contributed by atoms with E-state index in [1.54, 1.807) is 24.1 Å².